The van der Waals surface area contributed by atoms with Gasteiger partial charge in [-0.3, -0.25) is 19.5 Å². The summed E-state index contributed by atoms with van der Waals surface area (Å²) >= 11 is 0. The number of rotatable bonds is 6. The molecule has 1 aromatic heterocycles. The molecule has 0 saturated heterocycles. The topological polar surface area (TPSA) is 62.3 Å². The Kier molecular flexibility index (Phi) is 7.69. The second-order valence-electron chi connectivity index (χ2n) is 11.8. The fourth-order valence-electron chi connectivity index (χ4n) is 5.86. The lowest BCUT2D eigenvalue weighted by Crippen LogP contribution is -2.38. The van der Waals surface area contributed by atoms with Gasteiger partial charge in [0.05, 0.1) is 17.4 Å². The van der Waals surface area contributed by atoms with Crippen LogP contribution in [-0.2, 0) is 15.0 Å². The maximum Gasteiger partial charge on any atom is 0.227 e. The highest BCUT2D eigenvalue weighted by atomic mass is 16.2. The molecule has 0 fully saturated rings. The lowest BCUT2D eigenvalue weighted by molar-refractivity contribution is -0.119. The molecule has 2 atom stereocenters. The molecular formula is C34H39N3O2. The maximum atomic E-state index is 14.1. The number of nitrogens with one attached hydrogen (secondary N) is 1. The third-order valence-electron chi connectivity index (χ3n) is 8.00. The van der Waals surface area contributed by atoms with Crippen LogP contribution in [0.3, 0.4) is 0 Å². The molecule has 202 valence electrons. The Hall–Kier alpha value is -3.73. The molecule has 2 unspecified atom stereocenters. The van der Waals surface area contributed by atoms with Crippen molar-refractivity contribution in [2.45, 2.75) is 83.6 Å². The van der Waals surface area contributed by atoms with Gasteiger partial charge in [-0.05, 0) is 59.1 Å². The minimum Gasteiger partial charge on any atom is -0.357 e. The molecule has 2 aliphatic rings. The summed E-state index contributed by atoms with van der Waals surface area (Å²) in [4.78, 5) is 34.2. The molecule has 5 heteroatoms. The number of carbonyl (C=O) groups excluding carboxylic acids is 2. The van der Waals surface area contributed by atoms with E-state index in [1.165, 1.54) is 11.1 Å². The number of hydrogen-bond donors (Lipinski definition) is 1. The number of benzene rings is 2. The van der Waals surface area contributed by atoms with Gasteiger partial charge in [-0.2, -0.15) is 0 Å². The molecule has 0 bridgehead atoms. The van der Waals surface area contributed by atoms with Crippen molar-refractivity contribution >= 4 is 23.1 Å². The normalized spacial score (nSPS) is 19.2. The molecule has 0 radical (unpaired) electrons. The molecule has 1 aliphatic heterocycles. The SMILES string of the molecule is CCCCCC(=O)N1c2ccccc2NC2=C(C(=O)CC(c3ccc(C(C)(C)C)cc3)C2)C1c1cccnc1. The molecule has 1 aliphatic carbocycles. The quantitative estimate of drug-likeness (QED) is 0.335. The van der Waals surface area contributed by atoms with Gasteiger partial charge in [0.25, 0.3) is 0 Å². The summed E-state index contributed by atoms with van der Waals surface area (Å²) in [7, 11) is 0. The number of pyridine rings is 1. The van der Waals surface area contributed by atoms with Crippen LogP contribution in [0.15, 0.2) is 84.3 Å². The highest BCUT2D eigenvalue weighted by molar-refractivity contribution is 6.06. The van der Waals surface area contributed by atoms with E-state index >= 15 is 0 Å². The van der Waals surface area contributed by atoms with Gasteiger partial charge in [0.1, 0.15) is 0 Å². The van der Waals surface area contributed by atoms with Crippen molar-refractivity contribution in [1.29, 1.82) is 0 Å². The Morgan fingerprint density at radius 1 is 0.974 bits per heavy atom. The van der Waals surface area contributed by atoms with E-state index in [0.29, 0.717) is 24.8 Å². The molecular weight excluding hydrogens is 482 g/mol. The molecule has 1 amide bonds. The van der Waals surface area contributed by atoms with Crippen molar-refractivity contribution in [2.75, 3.05) is 10.2 Å². The van der Waals surface area contributed by atoms with Crippen LogP contribution in [0.5, 0.6) is 0 Å². The van der Waals surface area contributed by atoms with E-state index in [9.17, 15) is 9.59 Å². The lowest BCUT2D eigenvalue weighted by Gasteiger charge is -2.35. The zero-order valence-electron chi connectivity index (χ0n) is 23.5. The van der Waals surface area contributed by atoms with Gasteiger partial charge < -0.3 is 5.32 Å². The Balaban J connectivity index is 1.60. The van der Waals surface area contributed by atoms with Crippen LogP contribution in [0, 0.1) is 0 Å². The predicted molar refractivity (Wildman–Crippen MR) is 158 cm³/mol. The van der Waals surface area contributed by atoms with Gasteiger partial charge in [-0.15, -0.1) is 0 Å². The van der Waals surface area contributed by atoms with E-state index in [1.807, 2.05) is 41.3 Å². The minimum absolute atomic E-state index is 0.0352. The van der Waals surface area contributed by atoms with Crippen LogP contribution < -0.4 is 10.2 Å². The second kappa shape index (κ2) is 11.2. The highest BCUT2D eigenvalue weighted by Crippen LogP contribution is 2.47. The number of allylic oxidation sites excluding steroid dienone is 1. The van der Waals surface area contributed by atoms with Gasteiger partial charge in [0, 0.05) is 36.5 Å². The maximum absolute atomic E-state index is 14.1. The van der Waals surface area contributed by atoms with Crippen LogP contribution >= 0.6 is 0 Å². The smallest absolute Gasteiger partial charge is 0.227 e. The first-order valence-electron chi connectivity index (χ1n) is 14.2. The van der Waals surface area contributed by atoms with E-state index in [0.717, 1.165) is 41.9 Å². The predicted octanol–water partition coefficient (Wildman–Crippen LogP) is 7.86. The second-order valence-corrected chi connectivity index (χ2v) is 11.8. The summed E-state index contributed by atoms with van der Waals surface area (Å²) in [6.45, 7) is 8.77. The fourth-order valence-corrected chi connectivity index (χ4v) is 5.86. The van der Waals surface area contributed by atoms with Crippen LogP contribution in [-0.4, -0.2) is 16.7 Å². The van der Waals surface area contributed by atoms with E-state index in [1.54, 1.807) is 12.4 Å². The van der Waals surface area contributed by atoms with Crippen molar-refractivity contribution < 1.29 is 9.59 Å². The summed E-state index contributed by atoms with van der Waals surface area (Å²) in [5, 5.41) is 3.62. The van der Waals surface area contributed by atoms with E-state index in [2.05, 4.69) is 62.3 Å². The van der Waals surface area contributed by atoms with Crippen LogP contribution in [0.1, 0.15) is 94.9 Å². The van der Waals surface area contributed by atoms with Gasteiger partial charge in [0.2, 0.25) is 5.91 Å². The van der Waals surface area contributed by atoms with Crippen molar-refractivity contribution in [3.63, 3.8) is 0 Å². The van der Waals surface area contributed by atoms with Gasteiger partial charge in [0.15, 0.2) is 5.78 Å². The number of fused-ring (bicyclic) bond motifs is 1. The molecule has 2 aromatic carbocycles. The fraction of sp³-hybridized carbons (Fsp3) is 0.382. The number of amides is 1. The number of para-hydroxylation sites is 2. The first-order chi connectivity index (χ1) is 18.8. The van der Waals surface area contributed by atoms with Gasteiger partial charge >= 0.3 is 0 Å². The third-order valence-corrected chi connectivity index (χ3v) is 8.00. The van der Waals surface area contributed by atoms with Crippen LogP contribution in [0.25, 0.3) is 0 Å². The lowest BCUT2D eigenvalue weighted by atomic mass is 9.77. The molecule has 1 N–H and O–H groups in total. The number of Topliss-reactive ketones (excluding diaryl/α,β-unsaturated/α-hetero) is 1. The average molecular weight is 522 g/mol. The van der Waals surface area contributed by atoms with Crippen molar-refractivity contribution in [3.05, 3.63) is 101 Å². The van der Waals surface area contributed by atoms with Crippen LogP contribution in [0.2, 0.25) is 0 Å². The molecule has 0 spiro atoms. The Labute approximate surface area is 232 Å². The molecule has 5 nitrogen and oxygen atoms in total. The first-order valence-corrected chi connectivity index (χ1v) is 14.2. The number of ketones is 1. The Bertz CT molecular complexity index is 1370. The Morgan fingerprint density at radius 3 is 2.44 bits per heavy atom. The highest BCUT2D eigenvalue weighted by Gasteiger charge is 2.41. The minimum atomic E-state index is -0.518. The number of aromatic nitrogens is 1. The van der Waals surface area contributed by atoms with Crippen molar-refractivity contribution in [1.82, 2.24) is 4.98 Å². The first kappa shape index (κ1) is 26.9. The standard InChI is InChI=1S/C34H39N3O2/c1-5-6-7-14-31(39)37-29-13-9-8-12-27(29)36-28-20-25(23-15-17-26(18-16-23)34(2,3)4)21-30(38)32(28)33(37)24-11-10-19-35-22-24/h8-13,15-19,22,25,33,36H,5-7,14,20-21H2,1-4H3. The van der Waals surface area contributed by atoms with Crippen molar-refractivity contribution in [3.8, 4) is 0 Å². The van der Waals surface area contributed by atoms with Crippen LogP contribution in [0.4, 0.5) is 11.4 Å². The number of unbranched alkanes of at least 4 members (excludes halogenated alkanes) is 2. The number of anilines is 2. The molecule has 5 rings (SSSR count). The molecule has 3 aromatic rings. The molecule has 39 heavy (non-hydrogen) atoms. The number of carbonyl (C=O) groups is 2. The van der Waals surface area contributed by atoms with E-state index in [4.69, 9.17) is 0 Å². The Morgan fingerprint density at radius 2 is 1.74 bits per heavy atom. The summed E-state index contributed by atoms with van der Waals surface area (Å²) < 4.78 is 0. The summed E-state index contributed by atoms with van der Waals surface area (Å²) in [6, 6.07) is 20.0. The molecule has 2 heterocycles. The van der Waals surface area contributed by atoms with E-state index < -0.39 is 6.04 Å². The summed E-state index contributed by atoms with van der Waals surface area (Å²) in [6.07, 6.45) is 7.96. The zero-order chi connectivity index (χ0) is 27.6. The average Bonchev–Trinajstić information content (AvgIpc) is 3.08. The summed E-state index contributed by atoms with van der Waals surface area (Å²) in [5.41, 5.74) is 6.64. The molecule has 0 saturated carbocycles. The monoisotopic (exact) mass is 521 g/mol. The van der Waals surface area contributed by atoms with Gasteiger partial charge in [-0.1, -0.05) is 83.0 Å². The number of nitrogens with zero attached hydrogens (tertiary/aromatic N) is 2. The van der Waals surface area contributed by atoms with E-state index in [-0.39, 0.29) is 23.0 Å². The summed E-state index contributed by atoms with van der Waals surface area (Å²) in [5.74, 6) is 0.195. The number of hydrogen-bond acceptors (Lipinski definition) is 4. The zero-order valence-corrected chi connectivity index (χ0v) is 23.5. The largest absolute Gasteiger partial charge is 0.357 e. The van der Waals surface area contributed by atoms with Gasteiger partial charge in [-0.25, -0.2) is 0 Å². The third kappa shape index (κ3) is 5.54. The van der Waals surface area contributed by atoms with Crippen molar-refractivity contribution in [2.24, 2.45) is 0 Å².